The van der Waals surface area contributed by atoms with Gasteiger partial charge < -0.3 is 45.5 Å². The maximum atomic E-state index is 12.7. The lowest BCUT2D eigenvalue weighted by molar-refractivity contribution is -0.304. The van der Waals surface area contributed by atoms with E-state index in [0.29, 0.717) is 12.0 Å². The molecule has 0 bridgehead atoms. The van der Waals surface area contributed by atoms with Gasteiger partial charge in [0.2, 0.25) is 17.6 Å². The summed E-state index contributed by atoms with van der Waals surface area (Å²) in [6, 6.07) is 15.7. The number of ether oxygens (including phenoxy) is 2. The number of hydrogen-bond donors (Lipinski definition) is 6. The molecule has 12 nitrogen and oxygen atoms in total. The van der Waals surface area contributed by atoms with Gasteiger partial charge in [-0.15, -0.1) is 0 Å². The van der Waals surface area contributed by atoms with E-state index in [1.807, 2.05) is 42.5 Å². The molecule has 43 heavy (non-hydrogen) atoms. The Morgan fingerprint density at radius 1 is 1.09 bits per heavy atom. The second-order valence-corrected chi connectivity index (χ2v) is 10.3. The highest BCUT2D eigenvalue weighted by Crippen LogP contribution is 2.36. The van der Waals surface area contributed by atoms with Crippen molar-refractivity contribution in [2.45, 2.75) is 62.7 Å². The largest absolute Gasteiger partial charge is 0.507 e. The minimum absolute atomic E-state index is 0.0142. The summed E-state index contributed by atoms with van der Waals surface area (Å²) in [6.45, 7) is 4.37. The van der Waals surface area contributed by atoms with Crippen LogP contribution in [0, 0.1) is 0 Å². The third-order valence-electron chi connectivity index (χ3n) is 7.00. The van der Waals surface area contributed by atoms with E-state index in [2.05, 4.69) is 22.5 Å². The van der Waals surface area contributed by atoms with E-state index < -0.39 is 60.7 Å². The van der Waals surface area contributed by atoms with Crippen LogP contribution in [0.4, 0.5) is 0 Å². The van der Waals surface area contributed by atoms with Gasteiger partial charge in [0.05, 0.1) is 18.2 Å². The lowest BCUT2D eigenvalue weighted by atomic mass is 9.88. The first-order valence-electron chi connectivity index (χ1n) is 14.0. The molecule has 0 spiro atoms. The summed E-state index contributed by atoms with van der Waals surface area (Å²) >= 11 is 0. The summed E-state index contributed by atoms with van der Waals surface area (Å²) in [4.78, 5) is 47.3. The van der Waals surface area contributed by atoms with Gasteiger partial charge in [0.15, 0.2) is 0 Å². The molecule has 2 aromatic carbocycles. The number of aliphatic hydroxyl groups is 3. The van der Waals surface area contributed by atoms with Crippen LogP contribution >= 0.6 is 0 Å². The van der Waals surface area contributed by atoms with E-state index in [-0.39, 0.29) is 31.8 Å². The Labute approximate surface area is 250 Å². The molecule has 1 fully saturated rings. The zero-order chi connectivity index (χ0) is 31.4. The van der Waals surface area contributed by atoms with Gasteiger partial charge in [0.1, 0.15) is 24.8 Å². The topological polar surface area (TPSA) is 184 Å². The molecular formula is C31H39N3O9. The van der Waals surface area contributed by atoms with Crippen molar-refractivity contribution in [3.05, 3.63) is 72.5 Å². The molecule has 0 radical (unpaired) electrons. The van der Waals surface area contributed by atoms with Gasteiger partial charge in [-0.05, 0) is 36.1 Å². The van der Waals surface area contributed by atoms with Crippen molar-refractivity contribution in [3.8, 4) is 11.1 Å². The molecule has 1 aliphatic rings. The number of carbonyl (C=O) groups is 4. The predicted octanol–water partition coefficient (Wildman–Crippen LogP) is 1.37. The summed E-state index contributed by atoms with van der Waals surface area (Å²) < 4.78 is 11.5. The van der Waals surface area contributed by atoms with Crippen molar-refractivity contribution in [3.63, 3.8) is 0 Å². The normalized spacial score (nSPS) is 22.2. The second-order valence-electron chi connectivity index (χ2n) is 10.3. The Morgan fingerprint density at radius 2 is 1.77 bits per heavy atom. The minimum Gasteiger partial charge on any atom is -0.507 e. The number of carbonyl (C=O) groups excluding carboxylic acids is 4. The number of aldehydes is 1. The third-order valence-corrected chi connectivity index (χ3v) is 7.00. The quantitative estimate of drug-likeness (QED) is 0.100. The second kappa shape index (κ2) is 15.9. The van der Waals surface area contributed by atoms with Gasteiger partial charge in [0.25, 0.3) is 5.91 Å². The lowest BCUT2D eigenvalue weighted by Crippen LogP contribution is -2.65. The Bertz CT molecular complexity index is 1250. The van der Waals surface area contributed by atoms with E-state index in [0.717, 1.165) is 17.4 Å². The van der Waals surface area contributed by atoms with E-state index in [1.165, 1.54) is 6.92 Å². The monoisotopic (exact) mass is 597 g/mol. The molecule has 0 aromatic heterocycles. The molecule has 3 unspecified atom stereocenters. The first kappa shape index (κ1) is 33.4. The molecule has 5 atom stereocenters. The standard InChI is InChI=1S/C31H39N3O9/c1-20(36)31(42-19-27(40)32-15-6-7-17-35)18-26(39)28(34-21(2)37)29(43-31)25(38)14-16-33-30(41)24-12-10-23(11-13-24)22-8-4-3-5-9-22/h3-5,8-13,17,25-26,28-29,36,38-39H,1,6-7,14-16,18-19H2,2H3,(H,32,40)(H,33,41)(H,34,37)/t25?,26?,28-,29?,31-/m1/s1. The fourth-order valence-corrected chi connectivity index (χ4v) is 4.75. The molecule has 0 aliphatic carbocycles. The molecule has 12 heteroatoms. The van der Waals surface area contributed by atoms with Crippen LogP contribution in [-0.4, -0.2) is 89.2 Å². The number of benzene rings is 2. The van der Waals surface area contributed by atoms with Gasteiger partial charge in [-0.3, -0.25) is 14.4 Å². The van der Waals surface area contributed by atoms with Crippen molar-refractivity contribution in [2.24, 2.45) is 0 Å². The van der Waals surface area contributed by atoms with Crippen LogP contribution in [0.5, 0.6) is 0 Å². The zero-order valence-electron chi connectivity index (χ0n) is 24.0. The molecule has 6 N–H and O–H groups in total. The average molecular weight is 598 g/mol. The SMILES string of the molecule is C=C(O)[C@@]1(OCC(=O)NCCCC=O)CC(O)[C@@H](NC(C)=O)C(C(O)CCNC(=O)c2ccc(-c3ccccc3)cc2)O1. The van der Waals surface area contributed by atoms with Crippen LogP contribution in [0.25, 0.3) is 11.1 Å². The van der Waals surface area contributed by atoms with Gasteiger partial charge >= 0.3 is 0 Å². The van der Waals surface area contributed by atoms with Gasteiger partial charge in [-0.25, -0.2) is 0 Å². The first-order chi connectivity index (χ1) is 20.6. The highest BCUT2D eigenvalue weighted by Gasteiger charge is 2.52. The number of rotatable bonds is 15. The van der Waals surface area contributed by atoms with E-state index >= 15 is 0 Å². The summed E-state index contributed by atoms with van der Waals surface area (Å²) in [5.41, 5.74) is 2.39. The van der Waals surface area contributed by atoms with Crippen molar-refractivity contribution >= 4 is 24.0 Å². The van der Waals surface area contributed by atoms with Crippen molar-refractivity contribution in [1.82, 2.24) is 16.0 Å². The number of amides is 3. The fourth-order valence-electron chi connectivity index (χ4n) is 4.75. The molecule has 0 saturated carbocycles. The van der Waals surface area contributed by atoms with E-state index in [1.54, 1.807) is 12.1 Å². The number of nitrogens with one attached hydrogen (secondary N) is 3. The van der Waals surface area contributed by atoms with Gasteiger partial charge in [0, 0.05) is 38.4 Å². The molecule has 3 amide bonds. The van der Waals surface area contributed by atoms with E-state index in [4.69, 9.17) is 9.47 Å². The molecular weight excluding hydrogens is 558 g/mol. The predicted molar refractivity (Wildman–Crippen MR) is 157 cm³/mol. The Hall–Kier alpha value is -4.10. The summed E-state index contributed by atoms with van der Waals surface area (Å²) in [5, 5.41) is 40.2. The number of aliphatic hydroxyl groups excluding tert-OH is 3. The van der Waals surface area contributed by atoms with Crippen LogP contribution in [0.15, 0.2) is 66.9 Å². The van der Waals surface area contributed by atoms with Crippen molar-refractivity contribution < 1.29 is 44.0 Å². The smallest absolute Gasteiger partial charge is 0.251 e. The number of unbranched alkanes of at least 4 members (excludes halogenated alkanes) is 1. The van der Waals surface area contributed by atoms with Gasteiger partial charge in [-0.2, -0.15) is 0 Å². The highest BCUT2D eigenvalue weighted by molar-refractivity contribution is 5.94. The van der Waals surface area contributed by atoms with Crippen LogP contribution in [0.1, 0.15) is 43.0 Å². The highest BCUT2D eigenvalue weighted by atomic mass is 16.7. The maximum absolute atomic E-state index is 12.7. The van der Waals surface area contributed by atoms with Crippen LogP contribution in [0.3, 0.4) is 0 Å². The maximum Gasteiger partial charge on any atom is 0.251 e. The van der Waals surface area contributed by atoms with Crippen molar-refractivity contribution in [1.29, 1.82) is 0 Å². The molecule has 1 aliphatic heterocycles. The zero-order valence-corrected chi connectivity index (χ0v) is 24.0. The van der Waals surface area contributed by atoms with Crippen LogP contribution in [-0.2, 0) is 23.9 Å². The Balaban J connectivity index is 1.64. The fraction of sp³-hybridized carbons (Fsp3) is 0.419. The first-order valence-corrected chi connectivity index (χ1v) is 14.0. The summed E-state index contributed by atoms with van der Waals surface area (Å²) in [6.07, 6.45) is -3.03. The third kappa shape index (κ3) is 9.45. The average Bonchev–Trinajstić information content (AvgIpc) is 2.99. The lowest BCUT2D eigenvalue weighted by Gasteiger charge is -2.47. The van der Waals surface area contributed by atoms with E-state index in [9.17, 15) is 34.5 Å². The molecule has 1 heterocycles. The molecule has 1 saturated heterocycles. The molecule has 2 aromatic rings. The number of hydrogen-bond acceptors (Lipinski definition) is 9. The Morgan fingerprint density at radius 3 is 2.40 bits per heavy atom. The van der Waals surface area contributed by atoms with Gasteiger partial charge in [-0.1, -0.05) is 49.0 Å². The Kier molecular flexibility index (Phi) is 12.4. The molecule has 232 valence electrons. The molecule has 3 rings (SSSR count). The van der Waals surface area contributed by atoms with Crippen LogP contribution in [0.2, 0.25) is 0 Å². The van der Waals surface area contributed by atoms with Crippen LogP contribution < -0.4 is 16.0 Å². The minimum atomic E-state index is -2.07. The summed E-state index contributed by atoms with van der Waals surface area (Å²) in [7, 11) is 0. The van der Waals surface area contributed by atoms with Crippen molar-refractivity contribution in [2.75, 3.05) is 19.7 Å². The summed E-state index contributed by atoms with van der Waals surface area (Å²) in [5.74, 6) is -4.14.